The minimum Gasteiger partial charge on any atom is -0.369 e. The Hall–Kier alpha value is -2.33. The van der Waals surface area contributed by atoms with E-state index >= 15 is 0 Å². The fourth-order valence-electron chi connectivity index (χ4n) is 4.02. The molecule has 4 heteroatoms. The van der Waals surface area contributed by atoms with Crippen molar-refractivity contribution >= 4 is 11.6 Å². The monoisotopic (exact) mass is 335 g/mol. The summed E-state index contributed by atoms with van der Waals surface area (Å²) in [6.07, 6.45) is 1.90. The molecular formula is C21H25N3O. The van der Waals surface area contributed by atoms with Crippen molar-refractivity contribution in [3.8, 4) is 0 Å². The molecule has 0 aliphatic carbocycles. The van der Waals surface area contributed by atoms with E-state index in [1.165, 1.54) is 22.4 Å². The van der Waals surface area contributed by atoms with Gasteiger partial charge in [0, 0.05) is 31.9 Å². The molecule has 1 atom stereocenters. The first-order valence-corrected chi connectivity index (χ1v) is 9.10. The maximum absolute atomic E-state index is 12.7. The molecule has 0 bridgehead atoms. The van der Waals surface area contributed by atoms with Crippen molar-refractivity contribution in [2.75, 3.05) is 31.6 Å². The number of amides is 1. The molecule has 2 aliphatic heterocycles. The highest BCUT2D eigenvalue weighted by molar-refractivity contribution is 5.82. The van der Waals surface area contributed by atoms with E-state index < -0.39 is 0 Å². The van der Waals surface area contributed by atoms with Crippen molar-refractivity contribution in [1.29, 1.82) is 0 Å². The molecule has 1 amide bonds. The summed E-state index contributed by atoms with van der Waals surface area (Å²) in [5.41, 5.74) is 5.37. The number of hydrogen-bond acceptors (Lipinski definition) is 3. The first-order valence-electron chi connectivity index (χ1n) is 9.10. The van der Waals surface area contributed by atoms with Crippen molar-refractivity contribution in [3.05, 3.63) is 65.2 Å². The number of benzene rings is 2. The van der Waals surface area contributed by atoms with E-state index in [4.69, 9.17) is 0 Å². The van der Waals surface area contributed by atoms with Crippen LogP contribution in [0.4, 0.5) is 5.69 Å². The predicted octanol–water partition coefficient (Wildman–Crippen LogP) is 2.22. The molecule has 0 radical (unpaired) electrons. The molecule has 0 saturated heterocycles. The van der Waals surface area contributed by atoms with Gasteiger partial charge in [0.15, 0.2) is 0 Å². The SMILES string of the molecule is CN1Cc2ccccc2C[C@@H]1C(=O)NCCN1CCc2ccccc21. The number of likely N-dealkylation sites (N-methyl/N-ethyl adjacent to an activating group) is 1. The molecule has 0 unspecified atom stereocenters. The lowest BCUT2D eigenvalue weighted by atomic mass is 9.94. The lowest BCUT2D eigenvalue weighted by Crippen LogP contribution is -2.49. The second-order valence-electron chi connectivity index (χ2n) is 7.06. The third-order valence-electron chi connectivity index (χ3n) is 5.45. The number of para-hydroxylation sites is 1. The van der Waals surface area contributed by atoms with Crippen LogP contribution in [0.3, 0.4) is 0 Å². The molecule has 25 heavy (non-hydrogen) atoms. The number of nitrogens with zero attached hydrogens (tertiary/aromatic N) is 2. The summed E-state index contributed by atoms with van der Waals surface area (Å²) in [4.78, 5) is 17.2. The molecule has 0 fully saturated rings. The Bertz CT molecular complexity index is 773. The summed E-state index contributed by atoms with van der Waals surface area (Å²) in [7, 11) is 2.04. The van der Waals surface area contributed by atoms with E-state index in [0.29, 0.717) is 6.54 Å². The number of carbonyl (C=O) groups is 1. The lowest BCUT2D eigenvalue weighted by Gasteiger charge is -2.33. The Labute approximate surface area is 149 Å². The third-order valence-corrected chi connectivity index (χ3v) is 5.45. The van der Waals surface area contributed by atoms with E-state index in [0.717, 1.165) is 32.5 Å². The molecule has 2 aromatic rings. The molecule has 0 aromatic heterocycles. The van der Waals surface area contributed by atoms with Crippen molar-refractivity contribution in [2.24, 2.45) is 0 Å². The number of nitrogens with one attached hydrogen (secondary N) is 1. The molecule has 0 spiro atoms. The van der Waals surface area contributed by atoms with Gasteiger partial charge in [0.25, 0.3) is 0 Å². The fourth-order valence-corrected chi connectivity index (χ4v) is 4.02. The zero-order valence-corrected chi connectivity index (χ0v) is 14.7. The number of carbonyl (C=O) groups excluding carboxylic acids is 1. The van der Waals surface area contributed by atoms with Crippen LogP contribution in [0.1, 0.15) is 16.7 Å². The highest BCUT2D eigenvalue weighted by Gasteiger charge is 2.28. The van der Waals surface area contributed by atoms with Gasteiger partial charge in [0.2, 0.25) is 5.91 Å². The highest BCUT2D eigenvalue weighted by atomic mass is 16.2. The van der Waals surface area contributed by atoms with E-state index in [1.54, 1.807) is 0 Å². The standard InChI is InChI=1S/C21H25N3O/c1-23-15-18-8-3-2-7-17(18)14-20(23)21(25)22-11-13-24-12-10-16-6-4-5-9-19(16)24/h2-9,20H,10-15H2,1H3,(H,22,25)/t20-/m1/s1. The smallest absolute Gasteiger partial charge is 0.237 e. The topological polar surface area (TPSA) is 35.6 Å². The fraction of sp³-hybridized carbons (Fsp3) is 0.381. The summed E-state index contributed by atoms with van der Waals surface area (Å²) in [6.45, 7) is 3.45. The van der Waals surface area contributed by atoms with E-state index in [2.05, 4.69) is 63.6 Å². The molecular weight excluding hydrogens is 310 g/mol. The van der Waals surface area contributed by atoms with Gasteiger partial charge in [-0.2, -0.15) is 0 Å². The number of hydrogen-bond donors (Lipinski definition) is 1. The maximum atomic E-state index is 12.7. The molecule has 4 nitrogen and oxygen atoms in total. The van der Waals surface area contributed by atoms with Gasteiger partial charge in [0.1, 0.15) is 0 Å². The molecule has 1 N–H and O–H groups in total. The zero-order valence-electron chi connectivity index (χ0n) is 14.7. The van der Waals surface area contributed by atoms with Crippen molar-refractivity contribution in [1.82, 2.24) is 10.2 Å². The summed E-state index contributed by atoms with van der Waals surface area (Å²) in [6, 6.07) is 16.9. The third kappa shape index (κ3) is 3.27. The van der Waals surface area contributed by atoms with Gasteiger partial charge in [0.05, 0.1) is 6.04 Å². The van der Waals surface area contributed by atoms with Gasteiger partial charge >= 0.3 is 0 Å². The highest BCUT2D eigenvalue weighted by Crippen LogP contribution is 2.26. The molecule has 2 heterocycles. The normalized spacial score (nSPS) is 19.4. The van der Waals surface area contributed by atoms with E-state index in [1.807, 2.05) is 7.05 Å². The largest absolute Gasteiger partial charge is 0.369 e. The Balaban J connectivity index is 1.33. The summed E-state index contributed by atoms with van der Waals surface area (Å²) in [5.74, 6) is 0.143. The number of rotatable bonds is 4. The van der Waals surface area contributed by atoms with Gasteiger partial charge in [-0.3, -0.25) is 9.69 Å². The quantitative estimate of drug-likeness (QED) is 0.931. The summed E-state index contributed by atoms with van der Waals surface area (Å²) in [5, 5.41) is 3.15. The second-order valence-corrected chi connectivity index (χ2v) is 7.06. The second kappa shape index (κ2) is 6.89. The van der Waals surface area contributed by atoms with E-state index in [-0.39, 0.29) is 11.9 Å². The molecule has 4 rings (SSSR count). The van der Waals surface area contributed by atoms with Crippen LogP contribution in [0.2, 0.25) is 0 Å². The van der Waals surface area contributed by atoms with Crippen LogP contribution in [-0.2, 0) is 24.2 Å². The van der Waals surface area contributed by atoms with Gasteiger partial charge in [-0.25, -0.2) is 0 Å². The average Bonchev–Trinajstić information content (AvgIpc) is 3.04. The average molecular weight is 335 g/mol. The van der Waals surface area contributed by atoms with Crippen LogP contribution in [-0.4, -0.2) is 43.5 Å². The van der Waals surface area contributed by atoms with Crippen molar-refractivity contribution < 1.29 is 4.79 Å². The Morgan fingerprint density at radius 1 is 1.08 bits per heavy atom. The summed E-state index contributed by atoms with van der Waals surface area (Å²) >= 11 is 0. The first-order chi connectivity index (χ1) is 12.2. The van der Waals surface area contributed by atoms with Crippen molar-refractivity contribution in [2.45, 2.75) is 25.4 Å². The van der Waals surface area contributed by atoms with Gasteiger partial charge < -0.3 is 10.2 Å². The molecule has 130 valence electrons. The van der Waals surface area contributed by atoms with Crippen LogP contribution in [0.5, 0.6) is 0 Å². The van der Waals surface area contributed by atoms with Crippen LogP contribution in [0.25, 0.3) is 0 Å². The molecule has 2 aliphatic rings. The summed E-state index contributed by atoms with van der Waals surface area (Å²) < 4.78 is 0. The number of anilines is 1. The molecule has 0 saturated carbocycles. The molecule has 2 aromatic carbocycles. The number of fused-ring (bicyclic) bond motifs is 2. The van der Waals surface area contributed by atoms with Crippen molar-refractivity contribution in [3.63, 3.8) is 0 Å². The minimum absolute atomic E-state index is 0.0687. The minimum atomic E-state index is -0.0687. The van der Waals surface area contributed by atoms with Crippen LogP contribution >= 0.6 is 0 Å². The Morgan fingerprint density at radius 3 is 2.64 bits per heavy atom. The van der Waals surface area contributed by atoms with Crippen LogP contribution < -0.4 is 10.2 Å². The maximum Gasteiger partial charge on any atom is 0.237 e. The van der Waals surface area contributed by atoms with Crippen LogP contribution in [0, 0.1) is 0 Å². The van der Waals surface area contributed by atoms with E-state index in [9.17, 15) is 4.79 Å². The Kier molecular flexibility index (Phi) is 4.45. The van der Waals surface area contributed by atoms with Gasteiger partial charge in [-0.1, -0.05) is 42.5 Å². The van der Waals surface area contributed by atoms with Gasteiger partial charge in [-0.15, -0.1) is 0 Å². The lowest BCUT2D eigenvalue weighted by molar-refractivity contribution is -0.126. The Morgan fingerprint density at radius 2 is 1.80 bits per heavy atom. The zero-order chi connectivity index (χ0) is 17.2. The first kappa shape index (κ1) is 16.2. The predicted molar refractivity (Wildman–Crippen MR) is 101 cm³/mol. The van der Waals surface area contributed by atoms with Gasteiger partial charge in [-0.05, 0) is 42.6 Å². The van der Waals surface area contributed by atoms with Crippen LogP contribution in [0.15, 0.2) is 48.5 Å².